The fraction of sp³-hybridized carbons (Fsp3) is 0.300. The number of alkyl halides is 1. The predicted octanol–water partition coefficient (Wildman–Crippen LogP) is 3.38. The molecule has 1 nitrogen and oxygen atoms in total. The smallest absolute Gasteiger partial charge is 0.0788 e. The van der Waals surface area contributed by atoms with Crippen molar-refractivity contribution in [1.29, 1.82) is 0 Å². The van der Waals surface area contributed by atoms with Crippen LogP contribution < -0.4 is 0 Å². The van der Waals surface area contributed by atoms with Crippen molar-refractivity contribution >= 4 is 29.0 Å². The van der Waals surface area contributed by atoms with E-state index >= 15 is 0 Å². The van der Waals surface area contributed by atoms with Gasteiger partial charge in [0.15, 0.2) is 0 Å². The maximum Gasteiger partial charge on any atom is 0.0788 e. The molecule has 1 unspecified atom stereocenters. The fourth-order valence-corrected chi connectivity index (χ4v) is 1.29. The lowest BCUT2D eigenvalue weighted by Crippen LogP contribution is -1.94. The molecule has 0 aliphatic rings. The Morgan fingerprint density at radius 1 is 1.46 bits per heavy atom. The Kier molecular flexibility index (Phi) is 4.10. The van der Waals surface area contributed by atoms with E-state index in [4.69, 9.17) is 11.6 Å². The molecule has 1 aromatic carbocycles. The van der Waals surface area contributed by atoms with Gasteiger partial charge in [-0.05, 0) is 24.7 Å². The first kappa shape index (κ1) is 10.4. The lowest BCUT2D eigenvalue weighted by Gasteiger charge is -2.05. The summed E-state index contributed by atoms with van der Waals surface area (Å²) >= 11 is 10.5. The summed E-state index contributed by atoms with van der Waals surface area (Å²) in [4.78, 5) is 3.80. The van der Waals surface area contributed by atoms with Crippen LogP contribution in [0.1, 0.15) is 16.5 Å². The molecule has 0 bridgehead atoms. The second-order valence-electron chi connectivity index (χ2n) is 2.81. The number of hydrogen-bond acceptors (Lipinski definition) is 2. The zero-order valence-corrected chi connectivity index (χ0v) is 8.90. The Morgan fingerprint density at radius 2 is 2.08 bits per heavy atom. The van der Waals surface area contributed by atoms with Crippen molar-refractivity contribution in [2.24, 2.45) is 4.99 Å². The van der Waals surface area contributed by atoms with Gasteiger partial charge in [-0.25, -0.2) is 4.99 Å². The summed E-state index contributed by atoms with van der Waals surface area (Å²) in [6.45, 7) is 2.54. The van der Waals surface area contributed by atoms with Crippen LogP contribution in [0, 0.1) is 6.92 Å². The van der Waals surface area contributed by atoms with E-state index in [1.165, 1.54) is 5.56 Å². The molecule has 1 aromatic rings. The summed E-state index contributed by atoms with van der Waals surface area (Å²) < 4.78 is 0. The van der Waals surface area contributed by atoms with Crippen LogP contribution in [0.4, 0.5) is 0 Å². The minimum Gasteiger partial charge on any atom is -0.231 e. The van der Waals surface area contributed by atoms with Crippen molar-refractivity contribution in [2.45, 2.75) is 12.3 Å². The minimum absolute atomic E-state index is 0.101. The van der Waals surface area contributed by atoms with Gasteiger partial charge in [-0.2, -0.15) is 0 Å². The van der Waals surface area contributed by atoms with Crippen LogP contribution >= 0.6 is 23.8 Å². The average molecular weight is 212 g/mol. The van der Waals surface area contributed by atoms with E-state index in [2.05, 4.69) is 22.4 Å². The number of aryl methyl sites for hydroxylation is 1. The lowest BCUT2D eigenvalue weighted by molar-refractivity contribution is 0.937. The Bertz CT molecular complexity index is 314. The molecule has 1 rings (SSSR count). The summed E-state index contributed by atoms with van der Waals surface area (Å²) in [7, 11) is 0. The van der Waals surface area contributed by atoms with E-state index in [0.29, 0.717) is 6.54 Å². The molecule has 0 aliphatic heterocycles. The highest BCUT2D eigenvalue weighted by Crippen LogP contribution is 2.20. The van der Waals surface area contributed by atoms with Gasteiger partial charge in [-0.15, -0.1) is 11.6 Å². The third kappa shape index (κ3) is 3.27. The molecule has 0 aromatic heterocycles. The Hall–Kier alpha value is -0.690. The lowest BCUT2D eigenvalue weighted by atomic mass is 10.1. The SMILES string of the molecule is Cc1ccc(C(Cl)CN=C=S)cc1. The number of thiocarbonyl (C=S) groups is 1. The second-order valence-corrected chi connectivity index (χ2v) is 3.52. The molecule has 0 saturated heterocycles. The van der Waals surface area contributed by atoms with Crippen LogP contribution in [-0.2, 0) is 0 Å². The molecule has 68 valence electrons. The monoisotopic (exact) mass is 211 g/mol. The Balaban J connectivity index is 2.71. The third-order valence-electron chi connectivity index (χ3n) is 1.76. The van der Waals surface area contributed by atoms with Crippen LogP contribution in [0.25, 0.3) is 0 Å². The summed E-state index contributed by atoms with van der Waals surface area (Å²) in [5.74, 6) is 0. The number of isothiocyanates is 1. The van der Waals surface area contributed by atoms with E-state index in [0.717, 1.165) is 5.56 Å². The molecule has 13 heavy (non-hydrogen) atoms. The van der Waals surface area contributed by atoms with Gasteiger partial charge in [0.1, 0.15) is 0 Å². The fourth-order valence-electron chi connectivity index (χ4n) is 0.998. The summed E-state index contributed by atoms with van der Waals surface area (Å²) in [6, 6.07) is 8.08. The number of benzene rings is 1. The molecule has 3 heteroatoms. The van der Waals surface area contributed by atoms with Crippen molar-refractivity contribution in [3.05, 3.63) is 35.4 Å². The van der Waals surface area contributed by atoms with E-state index in [-0.39, 0.29) is 5.38 Å². The normalized spacial score (nSPS) is 11.8. The van der Waals surface area contributed by atoms with Gasteiger partial charge in [0, 0.05) is 0 Å². The summed E-state index contributed by atoms with van der Waals surface area (Å²) in [5, 5.41) is 2.20. The number of aliphatic imine (C=N–C) groups is 1. The van der Waals surface area contributed by atoms with Gasteiger partial charge in [0.2, 0.25) is 0 Å². The molecule has 0 heterocycles. The maximum absolute atomic E-state index is 6.06. The van der Waals surface area contributed by atoms with Gasteiger partial charge in [0.05, 0.1) is 17.1 Å². The van der Waals surface area contributed by atoms with Gasteiger partial charge in [-0.3, -0.25) is 0 Å². The molecule has 0 radical (unpaired) electrons. The summed E-state index contributed by atoms with van der Waals surface area (Å²) in [6.07, 6.45) is 0. The van der Waals surface area contributed by atoms with Crippen LogP contribution in [0.15, 0.2) is 29.3 Å². The number of halogens is 1. The minimum atomic E-state index is -0.101. The van der Waals surface area contributed by atoms with Crippen LogP contribution in [-0.4, -0.2) is 11.7 Å². The van der Waals surface area contributed by atoms with Crippen molar-refractivity contribution < 1.29 is 0 Å². The van der Waals surface area contributed by atoms with E-state index in [1.807, 2.05) is 31.2 Å². The van der Waals surface area contributed by atoms with Crippen LogP contribution in [0.3, 0.4) is 0 Å². The number of hydrogen-bond donors (Lipinski definition) is 0. The highest BCUT2D eigenvalue weighted by Gasteiger charge is 2.05. The van der Waals surface area contributed by atoms with E-state index < -0.39 is 0 Å². The van der Waals surface area contributed by atoms with Crippen molar-refractivity contribution in [3.8, 4) is 0 Å². The molecule has 0 amide bonds. The topological polar surface area (TPSA) is 12.4 Å². The highest BCUT2D eigenvalue weighted by atomic mass is 35.5. The molecule has 0 saturated carbocycles. The molecule has 0 N–H and O–H groups in total. The quantitative estimate of drug-likeness (QED) is 0.424. The average Bonchev–Trinajstić information content (AvgIpc) is 2.15. The van der Waals surface area contributed by atoms with E-state index in [1.54, 1.807) is 0 Å². The number of rotatable bonds is 3. The largest absolute Gasteiger partial charge is 0.231 e. The summed E-state index contributed by atoms with van der Waals surface area (Å²) in [5.41, 5.74) is 2.30. The molecular formula is C10H10ClNS. The van der Waals surface area contributed by atoms with Crippen LogP contribution in [0.2, 0.25) is 0 Å². The van der Waals surface area contributed by atoms with Crippen molar-refractivity contribution in [1.82, 2.24) is 0 Å². The third-order valence-corrected chi connectivity index (χ3v) is 2.27. The van der Waals surface area contributed by atoms with Gasteiger partial charge >= 0.3 is 0 Å². The first-order valence-corrected chi connectivity index (χ1v) is 4.83. The van der Waals surface area contributed by atoms with E-state index in [9.17, 15) is 0 Å². The molecule has 0 spiro atoms. The standard InChI is InChI=1S/C10H10ClNS/c1-8-2-4-9(5-3-8)10(11)6-12-7-13/h2-5,10H,6H2,1H3. The first-order valence-electron chi connectivity index (χ1n) is 3.98. The number of nitrogens with zero attached hydrogens (tertiary/aromatic N) is 1. The van der Waals surface area contributed by atoms with Crippen LogP contribution in [0.5, 0.6) is 0 Å². The zero-order chi connectivity index (χ0) is 9.68. The van der Waals surface area contributed by atoms with Crippen molar-refractivity contribution in [2.75, 3.05) is 6.54 Å². The molecule has 1 atom stereocenters. The van der Waals surface area contributed by atoms with Gasteiger partial charge < -0.3 is 0 Å². The maximum atomic E-state index is 6.06. The second kappa shape index (κ2) is 5.13. The molecular weight excluding hydrogens is 202 g/mol. The van der Waals surface area contributed by atoms with Crippen molar-refractivity contribution in [3.63, 3.8) is 0 Å². The van der Waals surface area contributed by atoms with Gasteiger partial charge in [-0.1, -0.05) is 29.8 Å². The predicted molar refractivity (Wildman–Crippen MR) is 59.7 cm³/mol. The highest BCUT2D eigenvalue weighted by molar-refractivity contribution is 7.78. The molecule has 0 aliphatic carbocycles. The Labute approximate surface area is 88.4 Å². The first-order chi connectivity index (χ1) is 6.24. The molecule has 0 fully saturated rings. The zero-order valence-electron chi connectivity index (χ0n) is 7.33. The Morgan fingerprint density at radius 3 is 2.62 bits per heavy atom. The van der Waals surface area contributed by atoms with Gasteiger partial charge in [0.25, 0.3) is 0 Å².